The second-order valence-corrected chi connectivity index (χ2v) is 5.90. The smallest absolute Gasteiger partial charge is 0.180 e. The number of hydrogen-bond acceptors (Lipinski definition) is 3. The standard InChI is InChI=1S/C12H7Br2ClN4/c13-8-5-7(1-2-9(8)15)17-11-12-16-3-4-19(12)6-10(14)18-11/h1-6H,(H,17,18). The lowest BCUT2D eigenvalue weighted by Crippen LogP contribution is -1.98. The number of benzene rings is 1. The van der Waals surface area contributed by atoms with Crippen LogP contribution in [0.3, 0.4) is 0 Å². The highest BCUT2D eigenvalue weighted by Crippen LogP contribution is 2.28. The van der Waals surface area contributed by atoms with E-state index in [1.807, 2.05) is 35.0 Å². The Morgan fingerprint density at radius 3 is 2.89 bits per heavy atom. The molecule has 2 heterocycles. The first-order chi connectivity index (χ1) is 9.13. The molecule has 0 fully saturated rings. The van der Waals surface area contributed by atoms with Gasteiger partial charge in [0.2, 0.25) is 0 Å². The Morgan fingerprint density at radius 2 is 2.11 bits per heavy atom. The molecule has 0 saturated carbocycles. The van der Waals surface area contributed by atoms with Gasteiger partial charge in [-0.15, -0.1) is 0 Å². The fourth-order valence-corrected chi connectivity index (χ4v) is 2.59. The Hall–Kier alpha value is -1.11. The van der Waals surface area contributed by atoms with Crippen molar-refractivity contribution in [3.8, 4) is 0 Å². The van der Waals surface area contributed by atoms with Crippen molar-refractivity contribution in [3.63, 3.8) is 0 Å². The molecule has 96 valence electrons. The Kier molecular flexibility index (Phi) is 3.47. The molecule has 0 aliphatic rings. The van der Waals surface area contributed by atoms with Crippen molar-refractivity contribution in [3.05, 3.63) is 50.9 Å². The quantitative estimate of drug-likeness (QED) is 0.678. The third-order valence-corrected chi connectivity index (χ3v) is 4.12. The summed E-state index contributed by atoms with van der Waals surface area (Å²) in [5, 5.41) is 3.89. The lowest BCUT2D eigenvalue weighted by atomic mass is 10.3. The predicted molar refractivity (Wildman–Crippen MR) is 83.1 cm³/mol. The summed E-state index contributed by atoms with van der Waals surface area (Å²) < 4.78 is 3.45. The highest BCUT2D eigenvalue weighted by atomic mass is 79.9. The van der Waals surface area contributed by atoms with Crippen molar-refractivity contribution in [2.75, 3.05) is 5.32 Å². The molecule has 0 aliphatic carbocycles. The van der Waals surface area contributed by atoms with Crippen LogP contribution in [-0.2, 0) is 0 Å². The summed E-state index contributed by atoms with van der Waals surface area (Å²) in [5.74, 6) is 0.675. The minimum atomic E-state index is 0.665. The lowest BCUT2D eigenvalue weighted by Gasteiger charge is -2.08. The largest absolute Gasteiger partial charge is 0.337 e. The number of nitrogens with zero attached hydrogens (tertiary/aromatic N) is 3. The van der Waals surface area contributed by atoms with Gasteiger partial charge in [-0.05, 0) is 50.1 Å². The molecular weight excluding hydrogens is 395 g/mol. The van der Waals surface area contributed by atoms with Crippen LogP contribution in [-0.4, -0.2) is 14.4 Å². The Labute approximate surface area is 131 Å². The first-order valence-corrected chi connectivity index (χ1v) is 7.31. The van der Waals surface area contributed by atoms with Gasteiger partial charge < -0.3 is 9.72 Å². The van der Waals surface area contributed by atoms with Crippen molar-refractivity contribution in [2.24, 2.45) is 0 Å². The molecular formula is C12H7Br2ClN4. The van der Waals surface area contributed by atoms with Crippen molar-refractivity contribution in [1.82, 2.24) is 14.4 Å². The number of hydrogen-bond donors (Lipinski definition) is 1. The number of rotatable bonds is 2. The maximum absolute atomic E-state index is 5.97. The van der Waals surface area contributed by atoms with Crippen LogP contribution >= 0.6 is 43.5 Å². The van der Waals surface area contributed by atoms with Crippen molar-refractivity contribution in [2.45, 2.75) is 0 Å². The van der Waals surface area contributed by atoms with Gasteiger partial charge in [0.15, 0.2) is 11.5 Å². The average Bonchev–Trinajstić information content (AvgIpc) is 2.82. The minimum Gasteiger partial charge on any atom is -0.337 e. The first-order valence-electron chi connectivity index (χ1n) is 5.35. The zero-order chi connectivity index (χ0) is 13.4. The average molecular weight is 402 g/mol. The topological polar surface area (TPSA) is 42.2 Å². The van der Waals surface area contributed by atoms with Crippen LogP contribution in [0.15, 0.2) is 45.9 Å². The van der Waals surface area contributed by atoms with E-state index in [0.29, 0.717) is 10.8 Å². The van der Waals surface area contributed by atoms with Crippen LogP contribution < -0.4 is 5.32 Å². The van der Waals surface area contributed by atoms with Gasteiger partial charge in [0.25, 0.3) is 0 Å². The molecule has 0 bridgehead atoms. The summed E-state index contributed by atoms with van der Waals surface area (Å²) in [7, 11) is 0. The van der Waals surface area contributed by atoms with E-state index in [-0.39, 0.29) is 0 Å². The SMILES string of the molecule is Clc1ccc(Nc2nc(Br)cn3ccnc23)cc1Br. The monoisotopic (exact) mass is 400 g/mol. The maximum Gasteiger partial charge on any atom is 0.180 e. The van der Waals surface area contributed by atoms with E-state index < -0.39 is 0 Å². The van der Waals surface area contributed by atoms with Crippen LogP contribution in [0.2, 0.25) is 5.02 Å². The van der Waals surface area contributed by atoms with Gasteiger partial charge in [0, 0.05) is 28.8 Å². The normalized spacial score (nSPS) is 10.9. The zero-order valence-electron chi connectivity index (χ0n) is 9.44. The van der Waals surface area contributed by atoms with Crippen molar-refractivity contribution >= 4 is 60.6 Å². The van der Waals surface area contributed by atoms with Gasteiger partial charge in [0.1, 0.15) is 4.60 Å². The molecule has 0 spiro atoms. The van der Waals surface area contributed by atoms with Gasteiger partial charge in [-0.3, -0.25) is 0 Å². The molecule has 19 heavy (non-hydrogen) atoms. The van der Waals surface area contributed by atoms with E-state index >= 15 is 0 Å². The predicted octanol–water partition coefficient (Wildman–Crippen LogP) is 4.65. The van der Waals surface area contributed by atoms with Gasteiger partial charge in [0.05, 0.1) is 5.02 Å². The van der Waals surface area contributed by atoms with Crippen LogP contribution in [0.5, 0.6) is 0 Å². The van der Waals surface area contributed by atoms with E-state index in [4.69, 9.17) is 11.6 Å². The van der Waals surface area contributed by atoms with E-state index in [1.54, 1.807) is 6.20 Å². The van der Waals surface area contributed by atoms with Crippen LogP contribution in [0, 0.1) is 0 Å². The fraction of sp³-hybridized carbons (Fsp3) is 0. The maximum atomic E-state index is 5.97. The minimum absolute atomic E-state index is 0.665. The summed E-state index contributed by atoms with van der Waals surface area (Å²) in [6.45, 7) is 0. The summed E-state index contributed by atoms with van der Waals surface area (Å²) in [6.07, 6.45) is 5.45. The lowest BCUT2D eigenvalue weighted by molar-refractivity contribution is 1.10. The molecule has 0 unspecified atom stereocenters. The van der Waals surface area contributed by atoms with E-state index in [1.165, 1.54) is 0 Å². The highest BCUT2D eigenvalue weighted by Gasteiger charge is 2.07. The summed E-state index contributed by atoms with van der Waals surface area (Å²) >= 11 is 12.7. The Bertz CT molecular complexity index is 757. The van der Waals surface area contributed by atoms with Gasteiger partial charge in [-0.1, -0.05) is 11.6 Å². The molecule has 4 nitrogen and oxygen atoms in total. The highest BCUT2D eigenvalue weighted by molar-refractivity contribution is 9.10. The molecule has 3 rings (SSSR count). The fourth-order valence-electron chi connectivity index (χ4n) is 1.70. The first kappa shape index (κ1) is 12.9. The third kappa shape index (κ3) is 2.61. The Balaban J connectivity index is 2.04. The molecule has 7 heteroatoms. The number of imidazole rings is 1. The van der Waals surface area contributed by atoms with Gasteiger partial charge in [-0.25, -0.2) is 9.97 Å². The van der Waals surface area contributed by atoms with E-state index in [0.717, 1.165) is 20.4 Å². The summed E-state index contributed by atoms with van der Waals surface area (Å²) in [4.78, 5) is 8.67. The number of anilines is 2. The Morgan fingerprint density at radius 1 is 1.26 bits per heavy atom. The number of nitrogens with one attached hydrogen (secondary N) is 1. The molecule has 2 aromatic heterocycles. The second kappa shape index (κ2) is 5.11. The molecule has 0 aliphatic heterocycles. The number of halogens is 3. The molecule has 0 saturated heterocycles. The molecule has 1 N–H and O–H groups in total. The molecule has 3 aromatic rings. The second-order valence-electron chi connectivity index (χ2n) is 3.82. The summed E-state index contributed by atoms with van der Waals surface area (Å²) in [5.41, 5.74) is 1.64. The molecule has 0 amide bonds. The van der Waals surface area contributed by atoms with Crippen LogP contribution in [0.1, 0.15) is 0 Å². The molecule has 1 aromatic carbocycles. The molecule has 0 radical (unpaired) electrons. The van der Waals surface area contributed by atoms with Crippen molar-refractivity contribution < 1.29 is 0 Å². The van der Waals surface area contributed by atoms with E-state index in [9.17, 15) is 0 Å². The number of aromatic nitrogens is 3. The van der Waals surface area contributed by atoms with Gasteiger partial charge >= 0.3 is 0 Å². The molecule has 0 atom stereocenters. The van der Waals surface area contributed by atoms with Crippen LogP contribution in [0.25, 0.3) is 5.65 Å². The summed E-state index contributed by atoms with van der Waals surface area (Å²) in [6, 6.07) is 5.59. The van der Waals surface area contributed by atoms with Gasteiger partial charge in [-0.2, -0.15) is 0 Å². The van der Waals surface area contributed by atoms with Crippen molar-refractivity contribution in [1.29, 1.82) is 0 Å². The van der Waals surface area contributed by atoms with E-state index in [2.05, 4.69) is 47.1 Å². The van der Waals surface area contributed by atoms with Crippen LogP contribution in [0.4, 0.5) is 11.5 Å². The number of fused-ring (bicyclic) bond motifs is 1. The third-order valence-electron chi connectivity index (χ3n) is 2.53. The zero-order valence-corrected chi connectivity index (χ0v) is 13.4.